The topological polar surface area (TPSA) is 75.4 Å². The molecule has 1 fully saturated rings. The van der Waals surface area contributed by atoms with E-state index in [0.29, 0.717) is 6.04 Å². The predicted octanol–water partition coefficient (Wildman–Crippen LogP) is -0.293. The van der Waals surface area contributed by atoms with Crippen LogP contribution in [0.5, 0.6) is 0 Å². The van der Waals surface area contributed by atoms with E-state index in [9.17, 15) is 9.59 Å². The molecule has 1 aliphatic rings. The molecule has 2 atom stereocenters. The molecule has 0 radical (unpaired) electrons. The zero-order valence-corrected chi connectivity index (χ0v) is 10.2. The van der Waals surface area contributed by atoms with E-state index >= 15 is 0 Å². The van der Waals surface area contributed by atoms with Gasteiger partial charge in [0.05, 0.1) is 12.5 Å². The summed E-state index contributed by atoms with van der Waals surface area (Å²) in [7, 11) is 1.63. The second kappa shape index (κ2) is 5.30. The molecule has 1 rings (SSSR count). The first-order valence-electron chi connectivity index (χ1n) is 5.71. The molecule has 5 nitrogen and oxygen atoms in total. The normalized spacial score (nSPS) is 18.8. The van der Waals surface area contributed by atoms with Crippen LogP contribution in [0, 0.1) is 5.92 Å². The van der Waals surface area contributed by atoms with E-state index in [-0.39, 0.29) is 30.3 Å². The molecule has 0 aliphatic heterocycles. The minimum absolute atomic E-state index is 0.0825. The van der Waals surface area contributed by atoms with Gasteiger partial charge in [0.1, 0.15) is 0 Å². The predicted molar refractivity (Wildman–Crippen MR) is 61.6 cm³/mol. The Balaban J connectivity index is 2.34. The van der Waals surface area contributed by atoms with Crippen molar-refractivity contribution in [2.45, 2.75) is 38.8 Å². The molecule has 0 aromatic heterocycles. The standard InChI is InChI=1S/C11H21N3O2/c1-7(8(2)12)11(16)14(3)6-10(15)13-9-4-5-9/h7-9H,4-6,12H2,1-3H3,(H,13,15). The molecule has 0 saturated heterocycles. The second-order valence-electron chi connectivity index (χ2n) is 4.68. The molecule has 3 N–H and O–H groups in total. The van der Waals surface area contributed by atoms with E-state index in [2.05, 4.69) is 5.32 Å². The third-order valence-corrected chi connectivity index (χ3v) is 2.88. The van der Waals surface area contributed by atoms with Crippen LogP contribution in [-0.2, 0) is 9.59 Å². The minimum Gasteiger partial charge on any atom is -0.352 e. The van der Waals surface area contributed by atoms with Crippen molar-refractivity contribution >= 4 is 11.8 Å². The lowest BCUT2D eigenvalue weighted by Crippen LogP contribution is -2.44. The van der Waals surface area contributed by atoms with Gasteiger partial charge in [-0.1, -0.05) is 6.92 Å². The summed E-state index contributed by atoms with van der Waals surface area (Å²) in [6.45, 7) is 3.69. The highest BCUT2D eigenvalue weighted by atomic mass is 16.2. The summed E-state index contributed by atoms with van der Waals surface area (Å²) < 4.78 is 0. The zero-order chi connectivity index (χ0) is 12.3. The maximum absolute atomic E-state index is 11.8. The van der Waals surface area contributed by atoms with Gasteiger partial charge in [0.15, 0.2) is 0 Å². The highest BCUT2D eigenvalue weighted by molar-refractivity contribution is 5.86. The summed E-state index contributed by atoms with van der Waals surface area (Å²) >= 11 is 0. The Morgan fingerprint density at radius 3 is 2.44 bits per heavy atom. The van der Waals surface area contributed by atoms with Gasteiger partial charge in [-0.3, -0.25) is 9.59 Å². The molecular formula is C11H21N3O2. The minimum atomic E-state index is -0.251. The van der Waals surface area contributed by atoms with E-state index in [1.165, 1.54) is 4.90 Å². The van der Waals surface area contributed by atoms with Crippen LogP contribution in [0.25, 0.3) is 0 Å². The lowest BCUT2D eigenvalue weighted by atomic mass is 10.0. The Hall–Kier alpha value is -1.10. The Morgan fingerprint density at radius 1 is 1.44 bits per heavy atom. The summed E-state index contributed by atoms with van der Waals surface area (Å²) in [5.74, 6) is -0.421. The Kier molecular flexibility index (Phi) is 4.29. The van der Waals surface area contributed by atoms with Crippen LogP contribution >= 0.6 is 0 Å². The van der Waals surface area contributed by atoms with E-state index < -0.39 is 0 Å². The summed E-state index contributed by atoms with van der Waals surface area (Å²) in [6.07, 6.45) is 2.11. The van der Waals surface area contributed by atoms with Gasteiger partial charge in [0.25, 0.3) is 0 Å². The van der Waals surface area contributed by atoms with Crippen molar-refractivity contribution in [2.24, 2.45) is 11.7 Å². The second-order valence-corrected chi connectivity index (χ2v) is 4.68. The number of nitrogens with two attached hydrogens (primary N) is 1. The molecule has 92 valence electrons. The summed E-state index contributed by atoms with van der Waals surface area (Å²) in [5, 5.41) is 2.84. The Morgan fingerprint density at radius 2 is 2.00 bits per heavy atom. The van der Waals surface area contributed by atoms with Crippen molar-refractivity contribution in [3.8, 4) is 0 Å². The third kappa shape index (κ3) is 3.81. The van der Waals surface area contributed by atoms with Crippen LogP contribution in [-0.4, -0.2) is 42.4 Å². The molecule has 16 heavy (non-hydrogen) atoms. The average Bonchev–Trinajstić information content (AvgIpc) is 2.98. The van der Waals surface area contributed by atoms with Crippen LogP contribution in [0.3, 0.4) is 0 Å². The highest BCUT2D eigenvalue weighted by Gasteiger charge is 2.26. The zero-order valence-electron chi connectivity index (χ0n) is 10.2. The Labute approximate surface area is 96.4 Å². The summed E-state index contributed by atoms with van der Waals surface area (Å²) in [4.78, 5) is 24.7. The van der Waals surface area contributed by atoms with Gasteiger partial charge in [-0.25, -0.2) is 0 Å². The van der Waals surface area contributed by atoms with E-state index in [1.807, 2.05) is 0 Å². The van der Waals surface area contributed by atoms with E-state index in [4.69, 9.17) is 5.73 Å². The van der Waals surface area contributed by atoms with Gasteiger partial charge in [0, 0.05) is 19.1 Å². The Bertz CT molecular complexity index is 274. The van der Waals surface area contributed by atoms with Gasteiger partial charge in [-0.15, -0.1) is 0 Å². The average molecular weight is 227 g/mol. The van der Waals surface area contributed by atoms with Gasteiger partial charge < -0.3 is 16.0 Å². The number of hydrogen-bond donors (Lipinski definition) is 2. The van der Waals surface area contributed by atoms with Crippen LogP contribution in [0.15, 0.2) is 0 Å². The first-order chi connectivity index (χ1) is 7.41. The fourth-order valence-corrected chi connectivity index (χ4v) is 1.37. The van der Waals surface area contributed by atoms with Gasteiger partial charge >= 0.3 is 0 Å². The van der Waals surface area contributed by atoms with Crippen molar-refractivity contribution in [1.29, 1.82) is 0 Å². The molecule has 1 aliphatic carbocycles. The van der Waals surface area contributed by atoms with Gasteiger partial charge in [-0.2, -0.15) is 0 Å². The third-order valence-electron chi connectivity index (χ3n) is 2.88. The monoisotopic (exact) mass is 227 g/mol. The fraction of sp³-hybridized carbons (Fsp3) is 0.818. The maximum Gasteiger partial charge on any atom is 0.239 e. The van der Waals surface area contributed by atoms with Crippen molar-refractivity contribution in [3.05, 3.63) is 0 Å². The number of rotatable bonds is 5. The molecule has 0 heterocycles. The smallest absolute Gasteiger partial charge is 0.239 e. The number of amides is 2. The molecule has 0 bridgehead atoms. The first-order valence-corrected chi connectivity index (χ1v) is 5.71. The lowest BCUT2D eigenvalue weighted by molar-refractivity contribution is -0.138. The number of hydrogen-bond acceptors (Lipinski definition) is 3. The van der Waals surface area contributed by atoms with Gasteiger partial charge in [-0.05, 0) is 19.8 Å². The summed E-state index contributed by atoms with van der Waals surface area (Å²) in [6, 6.07) is 0.142. The van der Waals surface area contributed by atoms with Gasteiger partial charge in [0.2, 0.25) is 11.8 Å². The number of likely N-dealkylation sites (N-methyl/N-ethyl adjacent to an activating group) is 1. The first kappa shape index (κ1) is 13.0. The molecular weight excluding hydrogens is 206 g/mol. The SMILES string of the molecule is CC(N)C(C)C(=O)N(C)CC(=O)NC1CC1. The largest absolute Gasteiger partial charge is 0.352 e. The van der Waals surface area contributed by atoms with Crippen molar-refractivity contribution in [2.75, 3.05) is 13.6 Å². The molecule has 2 amide bonds. The number of carbonyl (C=O) groups is 2. The number of nitrogens with zero attached hydrogens (tertiary/aromatic N) is 1. The van der Waals surface area contributed by atoms with E-state index in [0.717, 1.165) is 12.8 Å². The molecule has 0 aromatic rings. The summed E-state index contributed by atoms with van der Waals surface area (Å²) in [5.41, 5.74) is 5.65. The highest BCUT2D eigenvalue weighted by Crippen LogP contribution is 2.18. The molecule has 2 unspecified atom stereocenters. The van der Waals surface area contributed by atoms with Crippen LogP contribution in [0.4, 0.5) is 0 Å². The molecule has 5 heteroatoms. The van der Waals surface area contributed by atoms with Crippen molar-refractivity contribution in [3.63, 3.8) is 0 Å². The van der Waals surface area contributed by atoms with Crippen molar-refractivity contribution < 1.29 is 9.59 Å². The lowest BCUT2D eigenvalue weighted by Gasteiger charge is -2.22. The van der Waals surface area contributed by atoms with Crippen LogP contribution < -0.4 is 11.1 Å². The molecule has 1 saturated carbocycles. The van der Waals surface area contributed by atoms with E-state index in [1.54, 1.807) is 20.9 Å². The molecule has 0 spiro atoms. The fourth-order valence-electron chi connectivity index (χ4n) is 1.37. The van der Waals surface area contributed by atoms with Crippen LogP contribution in [0.2, 0.25) is 0 Å². The van der Waals surface area contributed by atoms with Crippen molar-refractivity contribution in [1.82, 2.24) is 10.2 Å². The maximum atomic E-state index is 11.8. The van der Waals surface area contributed by atoms with Crippen LogP contribution in [0.1, 0.15) is 26.7 Å². The molecule has 0 aromatic carbocycles. The number of carbonyl (C=O) groups excluding carboxylic acids is 2. The quantitative estimate of drug-likeness (QED) is 0.677. The number of nitrogens with one attached hydrogen (secondary N) is 1.